The molecule has 128 valence electrons. The van der Waals surface area contributed by atoms with Crippen molar-refractivity contribution in [1.29, 1.82) is 5.26 Å². The van der Waals surface area contributed by atoms with Gasteiger partial charge in [-0.05, 0) is 36.6 Å². The van der Waals surface area contributed by atoms with Gasteiger partial charge < -0.3 is 15.4 Å². The number of ether oxygens (including phenoxy) is 1. The van der Waals surface area contributed by atoms with Crippen LogP contribution < -0.4 is 10.6 Å². The lowest BCUT2D eigenvalue weighted by Crippen LogP contribution is -2.49. The number of benzene rings is 2. The Balaban J connectivity index is 1.42. The van der Waals surface area contributed by atoms with Gasteiger partial charge in [0.2, 0.25) is 0 Å². The number of hydrogen-bond donors (Lipinski definition) is 2. The first-order valence-corrected chi connectivity index (χ1v) is 8.87. The fourth-order valence-electron chi connectivity index (χ4n) is 2.74. The normalized spacial score (nSPS) is 18.6. The summed E-state index contributed by atoms with van der Waals surface area (Å²) in [5.41, 5.74) is 2.39. The van der Waals surface area contributed by atoms with Gasteiger partial charge in [0.15, 0.2) is 0 Å². The van der Waals surface area contributed by atoms with E-state index < -0.39 is 6.09 Å². The number of hydrogen-bond acceptors (Lipinski definition) is 4. The van der Waals surface area contributed by atoms with Crippen LogP contribution in [0, 0.1) is 11.3 Å². The molecule has 1 aliphatic carbocycles. The van der Waals surface area contributed by atoms with E-state index in [9.17, 15) is 4.79 Å². The summed E-state index contributed by atoms with van der Waals surface area (Å²) in [5, 5.41) is 15.4. The van der Waals surface area contributed by atoms with E-state index in [1.807, 2.05) is 42.5 Å². The van der Waals surface area contributed by atoms with Gasteiger partial charge in [0, 0.05) is 16.6 Å². The molecular weight excluding hydrogens is 382 g/mol. The third-order valence-corrected chi connectivity index (χ3v) is 4.63. The summed E-state index contributed by atoms with van der Waals surface area (Å²) in [7, 11) is 0. The minimum absolute atomic E-state index is 0.0958. The van der Waals surface area contributed by atoms with Crippen molar-refractivity contribution >= 4 is 27.7 Å². The van der Waals surface area contributed by atoms with Crippen LogP contribution in [0.15, 0.2) is 53.0 Å². The number of alkyl carbamates (subject to hydrolysis) is 1. The molecule has 2 aromatic rings. The topological polar surface area (TPSA) is 74.2 Å². The number of amides is 1. The predicted molar refractivity (Wildman–Crippen MR) is 99.1 cm³/mol. The van der Waals surface area contributed by atoms with Gasteiger partial charge in [0.1, 0.15) is 12.7 Å². The van der Waals surface area contributed by atoms with Crippen molar-refractivity contribution < 1.29 is 9.53 Å². The van der Waals surface area contributed by atoms with Gasteiger partial charge in [-0.3, -0.25) is 0 Å². The number of carbonyl (C=O) groups excluding carboxylic acids is 1. The number of carbonyl (C=O) groups is 1. The average molecular weight is 400 g/mol. The predicted octanol–water partition coefficient (Wildman–Crippen LogP) is 4.19. The van der Waals surface area contributed by atoms with Gasteiger partial charge in [-0.15, -0.1) is 0 Å². The molecule has 0 unspecified atom stereocenters. The van der Waals surface area contributed by atoms with E-state index >= 15 is 0 Å². The fourth-order valence-corrected chi connectivity index (χ4v) is 3.10. The summed E-state index contributed by atoms with van der Waals surface area (Å²) >= 11 is 3.41. The SMILES string of the molecule is N#Cc1ccc(Br)cc1NC1CC(NC(=O)OCc2ccccc2)C1. The Labute approximate surface area is 155 Å². The van der Waals surface area contributed by atoms with Crippen LogP contribution in [0.2, 0.25) is 0 Å². The van der Waals surface area contributed by atoms with Crippen LogP contribution in [0.25, 0.3) is 0 Å². The Hall–Kier alpha value is -2.52. The molecule has 0 aliphatic heterocycles. The van der Waals surface area contributed by atoms with E-state index in [4.69, 9.17) is 10.00 Å². The number of anilines is 1. The Morgan fingerprint density at radius 2 is 1.96 bits per heavy atom. The largest absolute Gasteiger partial charge is 0.445 e. The molecule has 0 atom stereocenters. The zero-order chi connectivity index (χ0) is 17.6. The van der Waals surface area contributed by atoms with Gasteiger partial charge in [0.25, 0.3) is 0 Å². The second-order valence-electron chi connectivity index (χ2n) is 6.02. The van der Waals surface area contributed by atoms with Crippen molar-refractivity contribution in [2.45, 2.75) is 31.5 Å². The van der Waals surface area contributed by atoms with Crippen LogP contribution >= 0.6 is 15.9 Å². The highest BCUT2D eigenvalue weighted by atomic mass is 79.9. The lowest BCUT2D eigenvalue weighted by Gasteiger charge is -2.36. The second-order valence-corrected chi connectivity index (χ2v) is 6.93. The molecule has 6 heteroatoms. The van der Waals surface area contributed by atoms with Crippen molar-refractivity contribution in [3.8, 4) is 6.07 Å². The van der Waals surface area contributed by atoms with Crippen molar-refractivity contribution in [1.82, 2.24) is 5.32 Å². The molecular formula is C19H18BrN3O2. The highest BCUT2D eigenvalue weighted by molar-refractivity contribution is 9.10. The molecule has 1 aliphatic rings. The monoisotopic (exact) mass is 399 g/mol. The fraction of sp³-hybridized carbons (Fsp3) is 0.263. The van der Waals surface area contributed by atoms with E-state index in [0.29, 0.717) is 5.56 Å². The first kappa shape index (κ1) is 17.3. The van der Waals surface area contributed by atoms with Crippen LogP contribution in [-0.2, 0) is 11.3 Å². The summed E-state index contributed by atoms with van der Waals surface area (Å²) in [6.45, 7) is 0.268. The Bertz CT molecular complexity index is 783. The van der Waals surface area contributed by atoms with Crippen molar-refractivity contribution in [3.63, 3.8) is 0 Å². The van der Waals surface area contributed by atoms with E-state index in [-0.39, 0.29) is 18.7 Å². The highest BCUT2D eigenvalue weighted by Crippen LogP contribution is 2.28. The number of nitriles is 1. The maximum atomic E-state index is 11.8. The van der Waals surface area contributed by atoms with Gasteiger partial charge in [-0.1, -0.05) is 46.3 Å². The molecule has 0 heterocycles. The van der Waals surface area contributed by atoms with Crippen LogP contribution in [-0.4, -0.2) is 18.2 Å². The number of rotatable bonds is 5. The van der Waals surface area contributed by atoms with E-state index in [1.165, 1.54) is 0 Å². The average Bonchev–Trinajstić information content (AvgIpc) is 2.59. The van der Waals surface area contributed by atoms with Crippen LogP contribution in [0.5, 0.6) is 0 Å². The minimum Gasteiger partial charge on any atom is -0.445 e. The third-order valence-electron chi connectivity index (χ3n) is 4.13. The molecule has 1 amide bonds. The molecule has 0 spiro atoms. The lowest BCUT2D eigenvalue weighted by molar-refractivity contribution is 0.129. The molecule has 0 bridgehead atoms. The Morgan fingerprint density at radius 1 is 1.20 bits per heavy atom. The molecule has 3 rings (SSSR count). The molecule has 25 heavy (non-hydrogen) atoms. The molecule has 0 saturated heterocycles. The number of halogens is 1. The van der Waals surface area contributed by atoms with Gasteiger partial charge in [-0.25, -0.2) is 4.79 Å². The van der Waals surface area contributed by atoms with Crippen LogP contribution in [0.4, 0.5) is 10.5 Å². The second kappa shape index (κ2) is 8.04. The number of nitrogens with one attached hydrogen (secondary N) is 2. The van der Waals surface area contributed by atoms with Gasteiger partial charge >= 0.3 is 6.09 Å². The Kier molecular flexibility index (Phi) is 5.56. The molecule has 0 aromatic heterocycles. The molecule has 2 aromatic carbocycles. The summed E-state index contributed by atoms with van der Waals surface area (Å²) < 4.78 is 6.14. The molecule has 2 N–H and O–H groups in total. The zero-order valence-corrected chi connectivity index (χ0v) is 15.1. The first-order chi connectivity index (χ1) is 12.1. The molecule has 1 saturated carbocycles. The third kappa shape index (κ3) is 4.74. The van der Waals surface area contributed by atoms with Gasteiger partial charge in [-0.2, -0.15) is 5.26 Å². The van der Waals surface area contributed by atoms with Crippen molar-refractivity contribution in [2.24, 2.45) is 0 Å². The first-order valence-electron chi connectivity index (χ1n) is 8.07. The summed E-state index contributed by atoms with van der Waals surface area (Å²) in [6.07, 6.45) is 1.21. The van der Waals surface area contributed by atoms with E-state index in [2.05, 4.69) is 32.6 Å². The minimum atomic E-state index is -0.396. The summed E-state index contributed by atoms with van der Waals surface area (Å²) in [4.78, 5) is 11.8. The molecule has 1 fully saturated rings. The zero-order valence-electron chi connectivity index (χ0n) is 13.5. The lowest BCUT2D eigenvalue weighted by atomic mass is 9.86. The number of nitrogens with zero attached hydrogens (tertiary/aromatic N) is 1. The van der Waals surface area contributed by atoms with Crippen molar-refractivity contribution in [2.75, 3.05) is 5.32 Å². The summed E-state index contributed by atoms with van der Waals surface area (Å²) in [6, 6.07) is 17.6. The maximum absolute atomic E-state index is 11.8. The Morgan fingerprint density at radius 3 is 2.68 bits per heavy atom. The van der Waals surface area contributed by atoms with Crippen molar-refractivity contribution in [3.05, 3.63) is 64.1 Å². The molecule has 0 radical (unpaired) electrons. The van der Waals surface area contributed by atoms with E-state index in [0.717, 1.165) is 28.6 Å². The molecule has 5 nitrogen and oxygen atoms in total. The quantitative estimate of drug-likeness (QED) is 0.790. The van der Waals surface area contributed by atoms with Gasteiger partial charge in [0.05, 0.1) is 11.3 Å². The maximum Gasteiger partial charge on any atom is 0.407 e. The smallest absolute Gasteiger partial charge is 0.407 e. The summed E-state index contributed by atoms with van der Waals surface area (Å²) in [5.74, 6) is 0. The van der Waals surface area contributed by atoms with E-state index in [1.54, 1.807) is 6.07 Å². The highest BCUT2D eigenvalue weighted by Gasteiger charge is 2.31. The standard InChI is InChI=1S/C19H18BrN3O2/c20-15-7-6-14(11-21)18(8-15)22-16-9-17(10-16)23-19(24)25-12-13-4-2-1-3-5-13/h1-8,16-17,22H,9-10,12H2,(H,23,24). The van der Waals surface area contributed by atoms with Crippen LogP contribution in [0.3, 0.4) is 0 Å². The van der Waals surface area contributed by atoms with Crippen LogP contribution in [0.1, 0.15) is 24.0 Å².